The van der Waals surface area contributed by atoms with Crippen molar-refractivity contribution in [3.05, 3.63) is 28.2 Å². The molecule has 0 bridgehead atoms. The minimum atomic E-state index is -0.730. The maximum Gasteiger partial charge on any atom is 0.253 e. The Hall–Kier alpha value is -1.01. The van der Waals surface area contributed by atoms with Crippen molar-refractivity contribution < 1.29 is 18.3 Å². The molecule has 1 rings (SSSR count). The van der Waals surface area contributed by atoms with E-state index in [4.69, 9.17) is 4.74 Å². The number of ether oxygens (including phenoxy) is 1. The summed E-state index contributed by atoms with van der Waals surface area (Å²) in [5.74, 6) is -1.91. The number of rotatable bonds is 3. The first-order valence-electron chi connectivity index (χ1n) is 4.44. The van der Waals surface area contributed by atoms with Crippen LogP contribution in [-0.4, -0.2) is 19.1 Å². The summed E-state index contributed by atoms with van der Waals surface area (Å²) in [6.07, 6.45) is -0.730. The molecule has 0 aliphatic rings. The molecule has 0 heterocycles. The lowest BCUT2D eigenvalue weighted by atomic mass is 10.2. The smallest absolute Gasteiger partial charge is 0.253 e. The van der Waals surface area contributed by atoms with E-state index in [1.165, 1.54) is 14.0 Å². The third-order valence-electron chi connectivity index (χ3n) is 1.99. The number of carbonyl (C=O) groups is 1. The third-order valence-corrected chi connectivity index (χ3v) is 2.60. The fourth-order valence-corrected chi connectivity index (χ4v) is 1.28. The van der Waals surface area contributed by atoms with Crippen molar-refractivity contribution in [3.63, 3.8) is 0 Å². The van der Waals surface area contributed by atoms with Crippen LogP contribution in [0.2, 0.25) is 0 Å². The highest BCUT2D eigenvalue weighted by Gasteiger charge is 2.15. The second-order valence-corrected chi connectivity index (χ2v) is 3.97. The SMILES string of the molecule is COC(C)C(=O)Nc1cc(F)c(Br)cc1F. The highest BCUT2D eigenvalue weighted by Crippen LogP contribution is 2.23. The average molecular weight is 294 g/mol. The van der Waals surface area contributed by atoms with Gasteiger partial charge in [0, 0.05) is 13.2 Å². The fraction of sp³-hybridized carbons (Fsp3) is 0.300. The van der Waals surface area contributed by atoms with Gasteiger partial charge in [-0.05, 0) is 28.9 Å². The van der Waals surface area contributed by atoms with Crippen LogP contribution in [0.25, 0.3) is 0 Å². The topological polar surface area (TPSA) is 38.3 Å². The molecule has 1 aromatic carbocycles. The molecule has 6 heteroatoms. The van der Waals surface area contributed by atoms with Gasteiger partial charge < -0.3 is 10.1 Å². The summed E-state index contributed by atoms with van der Waals surface area (Å²) in [6.45, 7) is 1.50. The van der Waals surface area contributed by atoms with Gasteiger partial charge in [0.1, 0.15) is 17.7 Å². The number of benzene rings is 1. The predicted molar refractivity (Wildman–Crippen MR) is 59.2 cm³/mol. The number of methoxy groups -OCH3 is 1. The zero-order chi connectivity index (χ0) is 12.3. The zero-order valence-electron chi connectivity index (χ0n) is 8.68. The Bertz CT molecular complexity index is 412. The molecule has 0 spiro atoms. The zero-order valence-corrected chi connectivity index (χ0v) is 10.3. The maximum absolute atomic E-state index is 13.3. The number of amides is 1. The van der Waals surface area contributed by atoms with E-state index in [2.05, 4.69) is 21.2 Å². The number of nitrogens with one attached hydrogen (secondary N) is 1. The van der Waals surface area contributed by atoms with Crippen molar-refractivity contribution in [1.82, 2.24) is 0 Å². The predicted octanol–water partition coefficient (Wildman–Crippen LogP) is 2.70. The first kappa shape index (κ1) is 13.1. The first-order chi connectivity index (χ1) is 7.45. The molecule has 1 amide bonds. The highest BCUT2D eigenvalue weighted by molar-refractivity contribution is 9.10. The van der Waals surface area contributed by atoms with E-state index in [0.29, 0.717) is 0 Å². The molecule has 0 saturated carbocycles. The first-order valence-corrected chi connectivity index (χ1v) is 5.23. The van der Waals surface area contributed by atoms with E-state index in [1.807, 2.05) is 0 Å². The van der Waals surface area contributed by atoms with Gasteiger partial charge in [0.15, 0.2) is 0 Å². The summed E-state index contributed by atoms with van der Waals surface area (Å²) < 4.78 is 31.1. The number of hydrogen-bond acceptors (Lipinski definition) is 2. The van der Waals surface area contributed by atoms with Crippen molar-refractivity contribution in [2.24, 2.45) is 0 Å². The molecule has 16 heavy (non-hydrogen) atoms. The summed E-state index contributed by atoms with van der Waals surface area (Å²) in [5, 5.41) is 2.23. The van der Waals surface area contributed by atoms with Gasteiger partial charge in [-0.15, -0.1) is 0 Å². The van der Waals surface area contributed by atoms with Gasteiger partial charge in [0.25, 0.3) is 5.91 Å². The molecule has 3 nitrogen and oxygen atoms in total. The molecule has 1 unspecified atom stereocenters. The molecular weight excluding hydrogens is 284 g/mol. The van der Waals surface area contributed by atoms with Gasteiger partial charge in [-0.1, -0.05) is 0 Å². The van der Waals surface area contributed by atoms with Gasteiger partial charge in [0.05, 0.1) is 10.2 Å². The molecule has 0 saturated heterocycles. The summed E-state index contributed by atoms with van der Waals surface area (Å²) >= 11 is 2.84. The molecular formula is C10H10BrF2NO2. The molecule has 88 valence electrons. The van der Waals surface area contributed by atoms with Crippen LogP contribution in [-0.2, 0) is 9.53 Å². The number of halogens is 3. The number of hydrogen-bond donors (Lipinski definition) is 1. The van der Waals surface area contributed by atoms with Crippen molar-refractivity contribution in [2.75, 3.05) is 12.4 Å². The van der Waals surface area contributed by atoms with E-state index in [9.17, 15) is 13.6 Å². The molecule has 0 aliphatic heterocycles. The summed E-state index contributed by atoms with van der Waals surface area (Å²) in [5.41, 5.74) is -0.213. The lowest BCUT2D eigenvalue weighted by Crippen LogP contribution is -2.27. The Labute approximate surface area is 99.9 Å². The molecule has 0 aromatic heterocycles. The van der Waals surface area contributed by atoms with Crippen molar-refractivity contribution in [1.29, 1.82) is 0 Å². The van der Waals surface area contributed by atoms with Crippen LogP contribution in [0.15, 0.2) is 16.6 Å². The number of anilines is 1. The highest BCUT2D eigenvalue weighted by atomic mass is 79.9. The van der Waals surface area contributed by atoms with E-state index in [-0.39, 0.29) is 10.2 Å². The fourth-order valence-electron chi connectivity index (χ4n) is 0.960. The van der Waals surface area contributed by atoms with Crippen LogP contribution in [0.4, 0.5) is 14.5 Å². The molecule has 0 radical (unpaired) electrons. The number of carbonyl (C=O) groups excluding carboxylic acids is 1. The van der Waals surface area contributed by atoms with E-state index < -0.39 is 23.6 Å². The van der Waals surface area contributed by atoms with Gasteiger partial charge in [-0.25, -0.2) is 8.78 Å². The summed E-state index contributed by atoms with van der Waals surface area (Å²) in [7, 11) is 1.35. The van der Waals surface area contributed by atoms with Gasteiger partial charge in [-0.2, -0.15) is 0 Å². The largest absolute Gasteiger partial charge is 0.372 e. The van der Waals surface area contributed by atoms with E-state index in [0.717, 1.165) is 12.1 Å². The Morgan fingerprint density at radius 1 is 1.44 bits per heavy atom. The van der Waals surface area contributed by atoms with Crippen LogP contribution in [0.3, 0.4) is 0 Å². The van der Waals surface area contributed by atoms with Crippen LogP contribution in [0.1, 0.15) is 6.92 Å². The second kappa shape index (κ2) is 5.36. The molecule has 1 N–H and O–H groups in total. The van der Waals surface area contributed by atoms with Crippen LogP contribution in [0.5, 0.6) is 0 Å². The third kappa shape index (κ3) is 2.99. The summed E-state index contributed by atoms with van der Waals surface area (Å²) in [6, 6.07) is 1.85. The molecule has 0 fully saturated rings. The molecule has 0 aliphatic carbocycles. The normalized spacial score (nSPS) is 12.3. The average Bonchev–Trinajstić information content (AvgIpc) is 2.24. The van der Waals surface area contributed by atoms with Gasteiger partial charge >= 0.3 is 0 Å². The minimum absolute atomic E-state index is 0.00258. The van der Waals surface area contributed by atoms with E-state index >= 15 is 0 Å². The van der Waals surface area contributed by atoms with Gasteiger partial charge in [-0.3, -0.25) is 4.79 Å². The lowest BCUT2D eigenvalue weighted by Gasteiger charge is -2.11. The minimum Gasteiger partial charge on any atom is -0.372 e. The summed E-state index contributed by atoms with van der Waals surface area (Å²) in [4.78, 5) is 11.4. The van der Waals surface area contributed by atoms with Crippen LogP contribution in [0, 0.1) is 11.6 Å². The van der Waals surface area contributed by atoms with Crippen LogP contribution >= 0.6 is 15.9 Å². The van der Waals surface area contributed by atoms with Crippen molar-refractivity contribution in [3.8, 4) is 0 Å². The van der Waals surface area contributed by atoms with Crippen LogP contribution < -0.4 is 5.32 Å². The van der Waals surface area contributed by atoms with E-state index in [1.54, 1.807) is 0 Å². The molecule has 1 atom stereocenters. The Balaban J connectivity index is 2.90. The van der Waals surface area contributed by atoms with Crippen molar-refractivity contribution in [2.45, 2.75) is 13.0 Å². The quantitative estimate of drug-likeness (QED) is 0.870. The Morgan fingerprint density at radius 3 is 2.62 bits per heavy atom. The standard InChI is InChI=1S/C10H10BrF2NO2/c1-5(16-2)10(15)14-9-4-7(12)6(11)3-8(9)13/h3-5H,1-2H3,(H,14,15). The van der Waals surface area contributed by atoms with Gasteiger partial charge in [0.2, 0.25) is 0 Å². The maximum atomic E-state index is 13.3. The second-order valence-electron chi connectivity index (χ2n) is 3.11. The van der Waals surface area contributed by atoms with Crippen molar-refractivity contribution >= 4 is 27.5 Å². The Kier molecular flexibility index (Phi) is 4.37. The monoisotopic (exact) mass is 293 g/mol. The lowest BCUT2D eigenvalue weighted by molar-refractivity contribution is -0.124. The Morgan fingerprint density at radius 2 is 2.06 bits per heavy atom. The molecule has 1 aromatic rings.